The van der Waals surface area contributed by atoms with Gasteiger partial charge < -0.3 is 10.1 Å². The molecule has 1 fully saturated rings. The number of aromatic nitrogens is 3. The van der Waals surface area contributed by atoms with E-state index in [1.165, 1.54) is 0 Å². The summed E-state index contributed by atoms with van der Waals surface area (Å²) in [6, 6.07) is 7.92. The number of nitrogens with one attached hydrogen (secondary N) is 1. The molecule has 1 aromatic carbocycles. The number of carbonyl (C=O) groups is 1. The van der Waals surface area contributed by atoms with E-state index in [2.05, 4.69) is 15.4 Å². The zero-order chi connectivity index (χ0) is 20.6. The van der Waals surface area contributed by atoms with E-state index in [-0.39, 0.29) is 23.0 Å². The molecule has 4 rings (SSSR count). The van der Waals surface area contributed by atoms with E-state index in [0.29, 0.717) is 23.2 Å². The fraction of sp³-hybridized carbons (Fsp3) is 0.350. The minimum Gasteiger partial charge on any atom is -0.376 e. The number of benzene rings is 1. The van der Waals surface area contributed by atoms with Crippen molar-refractivity contribution >= 4 is 11.6 Å². The third-order valence-electron chi connectivity index (χ3n) is 4.87. The average Bonchev–Trinajstić information content (AvgIpc) is 3.35. The molecule has 6 nitrogen and oxygen atoms in total. The molecule has 0 radical (unpaired) electrons. The first-order valence-electron chi connectivity index (χ1n) is 9.26. The number of amides is 1. The van der Waals surface area contributed by atoms with Gasteiger partial charge in [-0.2, -0.15) is 18.3 Å². The molecule has 1 aliphatic rings. The summed E-state index contributed by atoms with van der Waals surface area (Å²) in [5, 5.41) is 6.48. The lowest BCUT2D eigenvalue weighted by atomic mass is 10.1. The van der Waals surface area contributed by atoms with Gasteiger partial charge in [0.15, 0.2) is 11.3 Å². The zero-order valence-electron chi connectivity index (χ0n) is 15.7. The van der Waals surface area contributed by atoms with Crippen LogP contribution < -0.4 is 5.32 Å². The van der Waals surface area contributed by atoms with E-state index in [1.54, 1.807) is 24.3 Å². The second kappa shape index (κ2) is 7.47. The Morgan fingerprint density at radius 3 is 2.72 bits per heavy atom. The fourth-order valence-corrected chi connectivity index (χ4v) is 3.30. The van der Waals surface area contributed by atoms with E-state index in [9.17, 15) is 18.0 Å². The van der Waals surface area contributed by atoms with E-state index in [1.807, 2.05) is 6.92 Å². The first-order valence-corrected chi connectivity index (χ1v) is 9.26. The molecule has 1 N–H and O–H groups in total. The summed E-state index contributed by atoms with van der Waals surface area (Å²) in [4.78, 5) is 16.9. The molecule has 1 unspecified atom stereocenters. The summed E-state index contributed by atoms with van der Waals surface area (Å²) in [6.45, 7) is 2.82. The van der Waals surface area contributed by atoms with Crippen LogP contribution in [-0.2, 0) is 10.9 Å². The van der Waals surface area contributed by atoms with Gasteiger partial charge in [-0.05, 0) is 25.8 Å². The van der Waals surface area contributed by atoms with Crippen molar-refractivity contribution in [2.45, 2.75) is 32.0 Å². The number of carbonyl (C=O) groups excluding carboxylic acids is 1. The van der Waals surface area contributed by atoms with Crippen LogP contribution in [0.1, 0.15) is 34.5 Å². The molecular weight excluding hydrogens is 385 g/mol. The largest absolute Gasteiger partial charge is 0.433 e. The number of hydrogen-bond acceptors (Lipinski definition) is 4. The van der Waals surface area contributed by atoms with Crippen LogP contribution in [-0.4, -0.2) is 39.8 Å². The molecule has 0 aliphatic carbocycles. The lowest BCUT2D eigenvalue weighted by Crippen LogP contribution is -2.31. The van der Waals surface area contributed by atoms with Crippen molar-refractivity contribution < 1.29 is 22.7 Å². The first kappa shape index (κ1) is 19.4. The van der Waals surface area contributed by atoms with Gasteiger partial charge in [0.05, 0.1) is 18.0 Å². The van der Waals surface area contributed by atoms with Gasteiger partial charge in [0, 0.05) is 18.7 Å². The maximum Gasteiger partial charge on any atom is 0.433 e. The van der Waals surface area contributed by atoms with Gasteiger partial charge >= 0.3 is 6.18 Å². The number of fused-ring (bicyclic) bond motifs is 1. The van der Waals surface area contributed by atoms with Crippen molar-refractivity contribution in [2.75, 3.05) is 13.2 Å². The average molecular weight is 404 g/mol. The number of alkyl halides is 3. The van der Waals surface area contributed by atoms with Crippen LogP contribution in [0.5, 0.6) is 0 Å². The normalized spacial score (nSPS) is 17.0. The molecule has 1 aliphatic heterocycles. The van der Waals surface area contributed by atoms with Crippen molar-refractivity contribution in [3.8, 4) is 11.3 Å². The van der Waals surface area contributed by atoms with Crippen LogP contribution in [0.3, 0.4) is 0 Å². The minimum atomic E-state index is -4.65. The van der Waals surface area contributed by atoms with Gasteiger partial charge in [-0.15, -0.1) is 0 Å². The van der Waals surface area contributed by atoms with Gasteiger partial charge in [0.25, 0.3) is 5.91 Å². The quantitative estimate of drug-likeness (QED) is 0.721. The standard InChI is InChI=1S/C20H19F3N4O2/c1-12-4-6-13(7-5-12)16-9-17(20(21,22)23)27-18(26-16)15(11-25-27)19(28)24-10-14-3-2-8-29-14/h4-7,9,11,14H,2-3,8,10H2,1H3,(H,24,28). The van der Waals surface area contributed by atoms with E-state index >= 15 is 0 Å². The Morgan fingerprint density at radius 2 is 2.07 bits per heavy atom. The van der Waals surface area contributed by atoms with Gasteiger partial charge in [-0.25, -0.2) is 9.50 Å². The maximum atomic E-state index is 13.6. The van der Waals surface area contributed by atoms with Crippen LogP contribution >= 0.6 is 0 Å². The molecule has 0 bridgehead atoms. The Hall–Kier alpha value is -2.94. The highest BCUT2D eigenvalue weighted by atomic mass is 19.4. The van der Waals surface area contributed by atoms with E-state index < -0.39 is 17.8 Å². The topological polar surface area (TPSA) is 68.5 Å². The summed E-state index contributed by atoms with van der Waals surface area (Å²) in [6.07, 6.45) is -1.86. The predicted octanol–water partition coefficient (Wildman–Crippen LogP) is 3.63. The number of aryl methyl sites for hydroxylation is 1. The second-order valence-corrected chi connectivity index (χ2v) is 7.03. The van der Waals surface area contributed by atoms with Crippen LogP contribution in [0, 0.1) is 6.92 Å². The Labute approximate surface area is 164 Å². The Morgan fingerprint density at radius 1 is 1.31 bits per heavy atom. The number of halogens is 3. The summed E-state index contributed by atoms with van der Waals surface area (Å²) in [5.74, 6) is -0.530. The fourth-order valence-electron chi connectivity index (χ4n) is 3.30. The highest BCUT2D eigenvalue weighted by Crippen LogP contribution is 2.32. The second-order valence-electron chi connectivity index (χ2n) is 7.03. The molecule has 2 aromatic heterocycles. The molecule has 29 heavy (non-hydrogen) atoms. The van der Waals surface area contributed by atoms with Crippen LogP contribution in [0.25, 0.3) is 16.9 Å². The lowest BCUT2D eigenvalue weighted by molar-refractivity contribution is -0.142. The lowest BCUT2D eigenvalue weighted by Gasteiger charge is -2.12. The minimum absolute atomic E-state index is 0.0116. The summed E-state index contributed by atoms with van der Waals surface area (Å²) in [7, 11) is 0. The van der Waals surface area contributed by atoms with Crippen LogP contribution in [0.2, 0.25) is 0 Å². The van der Waals surface area contributed by atoms with Crippen molar-refractivity contribution in [1.82, 2.24) is 19.9 Å². The third-order valence-corrected chi connectivity index (χ3v) is 4.87. The summed E-state index contributed by atoms with van der Waals surface area (Å²) < 4.78 is 47.0. The highest BCUT2D eigenvalue weighted by Gasteiger charge is 2.36. The zero-order valence-corrected chi connectivity index (χ0v) is 15.7. The molecule has 0 saturated carbocycles. The van der Waals surface area contributed by atoms with Crippen LogP contribution in [0.4, 0.5) is 13.2 Å². The molecule has 0 spiro atoms. The molecule has 9 heteroatoms. The van der Waals surface area contributed by atoms with Gasteiger partial charge in [0.2, 0.25) is 0 Å². The SMILES string of the molecule is Cc1ccc(-c2cc(C(F)(F)F)n3ncc(C(=O)NCC4CCCO4)c3n2)cc1. The van der Waals surface area contributed by atoms with E-state index in [0.717, 1.165) is 30.7 Å². The Kier molecular flexibility index (Phi) is 4.99. The maximum absolute atomic E-state index is 13.6. The molecule has 3 heterocycles. The van der Waals surface area contributed by atoms with E-state index in [4.69, 9.17) is 4.74 Å². The Bertz CT molecular complexity index is 1040. The molecular formula is C20H19F3N4O2. The summed E-state index contributed by atoms with van der Waals surface area (Å²) in [5.41, 5.74) is 0.484. The van der Waals surface area contributed by atoms with Gasteiger partial charge in [-0.3, -0.25) is 4.79 Å². The van der Waals surface area contributed by atoms with Crippen LogP contribution in [0.15, 0.2) is 36.5 Å². The van der Waals surface area contributed by atoms with Crippen molar-refractivity contribution in [2.24, 2.45) is 0 Å². The highest BCUT2D eigenvalue weighted by molar-refractivity contribution is 5.99. The first-order chi connectivity index (χ1) is 13.8. The number of hydrogen-bond donors (Lipinski definition) is 1. The molecule has 152 valence electrons. The molecule has 1 amide bonds. The predicted molar refractivity (Wildman–Crippen MR) is 99.5 cm³/mol. The smallest absolute Gasteiger partial charge is 0.376 e. The van der Waals surface area contributed by atoms with Crippen molar-refractivity contribution in [1.29, 1.82) is 0 Å². The summed E-state index contributed by atoms with van der Waals surface area (Å²) >= 11 is 0. The van der Waals surface area contributed by atoms with Gasteiger partial charge in [-0.1, -0.05) is 29.8 Å². The van der Waals surface area contributed by atoms with Crippen molar-refractivity contribution in [3.63, 3.8) is 0 Å². The molecule has 1 atom stereocenters. The molecule has 3 aromatic rings. The monoisotopic (exact) mass is 404 g/mol. The number of ether oxygens (including phenoxy) is 1. The molecule has 1 saturated heterocycles. The van der Waals surface area contributed by atoms with Crippen molar-refractivity contribution in [3.05, 3.63) is 53.3 Å². The van der Waals surface area contributed by atoms with Gasteiger partial charge in [0.1, 0.15) is 5.56 Å². The number of rotatable bonds is 4. The third kappa shape index (κ3) is 3.95. The number of nitrogens with zero attached hydrogens (tertiary/aromatic N) is 3. The Balaban J connectivity index is 1.75.